The molecule has 0 saturated heterocycles. The van der Waals surface area contributed by atoms with E-state index in [4.69, 9.17) is 6.42 Å². The number of hydrogen-bond acceptors (Lipinski definition) is 2. The lowest BCUT2D eigenvalue weighted by molar-refractivity contribution is 0.0811. The van der Waals surface area contributed by atoms with E-state index in [0.717, 1.165) is 0 Å². The highest BCUT2D eigenvalue weighted by Crippen LogP contribution is 2.40. The van der Waals surface area contributed by atoms with Crippen molar-refractivity contribution in [2.45, 2.75) is 20.0 Å². The molecule has 0 radical (unpaired) electrons. The molecule has 0 fully saturated rings. The first-order valence-corrected chi connectivity index (χ1v) is 5.98. The third-order valence-corrected chi connectivity index (χ3v) is 3.48. The Balaban J connectivity index is 3.13. The molecular weight excluding hydrogens is 280 g/mol. The predicted octanol–water partition coefficient (Wildman–Crippen LogP) is 3.40. The van der Waals surface area contributed by atoms with Gasteiger partial charge >= 0.3 is 0 Å². The summed E-state index contributed by atoms with van der Waals surface area (Å²) in [6.07, 6.45) is 7.75. The Labute approximate surface area is 110 Å². The number of aromatic hydroxyl groups is 1. The normalized spacial score (nSPS) is 13.6. The van der Waals surface area contributed by atoms with Gasteiger partial charge in [-0.2, -0.15) is 0 Å². The van der Waals surface area contributed by atoms with Crippen molar-refractivity contribution >= 4 is 15.9 Å². The van der Waals surface area contributed by atoms with Crippen LogP contribution < -0.4 is 0 Å². The molecule has 17 heavy (non-hydrogen) atoms. The highest BCUT2D eigenvalue weighted by atomic mass is 79.9. The van der Waals surface area contributed by atoms with E-state index in [0.29, 0.717) is 10.0 Å². The van der Waals surface area contributed by atoms with Crippen LogP contribution in [-0.2, 0) is 0 Å². The number of phenols is 1. The van der Waals surface area contributed by atoms with Gasteiger partial charge in [0.05, 0.1) is 10.6 Å². The zero-order valence-electron chi connectivity index (χ0n) is 9.81. The van der Waals surface area contributed by atoms with Crippen molar-refractivity contribution in [2.24, 2.45) is 5.41 Å². The van der Waals surface area contributed by atoms with Crippen molar-refractivity contribution < 1.29 is 10.2 Å². The topological polar surface area (TPSA) is 40.5 Å². The number of hydrogen-bond donors (Lipinski definition) is 2. The van der Waals surface area contributed by atoms with Crippen LogP contribution in [0.15, 0.2) is 34.8 Å². The number of terminal acetylenes is 1. The molecule has 1 aromatic rings. The fourth-order valence-electron chi connectivity index (χ4n) is 1.50. The maximum Gasteiger partial charge on any atom is 0.130 e. The molecule has 1 unspecified atom stereocenters. The molecule has 0 amide bonds. The molecule has 0 aliphatic heterocycles. The molecule has 0 saturated carbocycles. The van der Waals surface area contributed by atoms with Gasteiger partial charge in [0.1, 0.15) is 5.75 Å². The number of allylic oxidation sites excluding steroid dienone is 1. The molecule has 2 nitrogen and oxygen atoms in total. The zero-order chi connectivity index (χ0) is 13.1. The number of benzene rings is 1. The second kappa shape index (κ2) is 5.39. The highest BCUT2D eigenvalue weighted by Gasteiger charge is 2.28. The Morgan fingerprint density at radius 2 is 2.12 bits per heavy atom. The first kappa shape index (κ1) is 13.8. The summed E-state index contributed by atoms with van der Waals surface area (Å²) in [7, 11) is 0. The van der Waals surface area contributed by atoms with Gasteiger partial charge in [-0.3, -0.25) is 0 Å². The molecule has 0 spiro atoms. The molecule has 90 valence electrons. The second-order valence-corrected chi connectivity index (χ2v) is 5.20. The van der Waals surface area contributed by atoms with Crippen molar-refractivity contribution in [3.05, 3.63) is 40.4 Å². The number of rotatable bonds is 3. The Bertz CT molecular complexity index is 470. The molecule has 3 heteroatoms. The average molecular weight is 295 g/mol. The van der Waals surface area contributed by atoms with Crippen LogP contribution in [0.3, 0.4) is 0 Å². The van der Waals surface area contributed by atoms with Crippen LogP contribution in [0.1, 0.15) is 25.5 Å². The van der Waals surface area contributed by atoms with Crippen molar-refractivity contribution in [3.8, 4) is 18.1 Å². The minimum atomic E-state index is -0.756. The van der Waals surface area contributed by atoms with Crippen LogP contribution in [0.4, 0.5) is 0 Å². The maximum absolute atomic E-state index is 10.3. The maximum atomic E-state index is 10.3. The molecule has 1 aromatic carbocycles. The third-order valence-electron chi connectivity index (χ3n) is 2.62. The van der Waals surface area contributed by atoms with E-state index >= 15 is 0 Å². The molecule has 0 aliphatic carbocycles. The van der Waals surface area contributed by atoms with E-state index in [-0.39, 0.29) is 5.75 Å². The van der Waals surface area contributed by atoms with Crippen molar-refractivity contribution in [2.75, 3.05) is 0 Å². The predicted molar refractivity (Wildman–Crippen MR) is 72.5 cm³/mol. The molecule has 2 N–H and O–H groups in total. The zero-order valence-corrected chi connectivity index (χ0v) is 11.4. The van der Waals surface area contributed by atoms with Crippen LogP contribution in [0.25, 0.3) is 0 Å². The quantitative estimate of drug-likeness (QED) is 0.839. The highest BCUT2D eigenvalue weighted by molar-refractivity contribution is 9.10. The Morgan fingerprint density at radius 3 is 2.71 bits per heavy atom. The van der Waals surface area contributed by atoms with Gasteiger partial charge in [0, 0.05) is 5.41 Å². The molecule has 0 heterocycles. The smallest absolute Gasteiger partial charge is 0.130 e. The van der Waals surface area contributed by atoms with Gasteiger partial charge in [-0.15, -0.1) is 6.42 Å². The molecule has 1 atom stereocenters. The summed E-state index contributed by atoms with van der Waals surface area (Å²) >= 11 is 3.27. The van der Waals surface area contributed by atoms with Gasteiger partial charge in [0.25, 0.3) is 0 Å². The van der Waals surface area contributed by atoms with E-state index in [1.54, 1.807) is 30.4 Å². The van der Waals surface area contributed by atoms with Gasteiger partial charge in [-0.1, -0.05) is 38.0 Å². The lowest BCUT2D eigenvalue weighted by atomic mass is 9.82. The van der Waals surface area contributed by atoms with Gasteiger partial charge in [-0.05, 0) is 33.6 Å². The van der Waals surface area contributed by atoms with E-state index in [1.165, 1.54) is 0 Å². The fraction of sp³-hybridized carbons (Fsp3) is 0.286. The van der Waals surface area contributed by atoms with Crippen LogP contribution in [-0.4, -0.2) is 10.2 Å². The summed E-state index contributed by atoms with van der Waals surface area (Å²) in [6.45, 7) is 3.75. The number of aliphatic hydroxyl groups excluding tert-OH is 1. The first-order chi connectivity index (χ1) is 7.90. The molecule has 0 aromatic heterocycles. The monoisotopic (exact) mass is 294 g/mol. The minimum Gasteiger partial charge on any atom is -0.507 e. The van der Waals surface area contributed by atoms with Gasteiger partial charge in [-0.25, -0.2) is 0 Å². The van der Waals surface area contributed by atoms with Gasteiger partial charge in [0.15, 0.2) is 0 Å². The Kier molecular flexibility index (Phi) is 4.39. The SMILES string of the molecule is C#C/C=C/C(C)(C)C(O)c1cccc(O)c1Br. The lowest BCUT2D eigenvalue weighted by Crippen LogP contribution is -2.19. The summed E-state index contributed by atoms with van der Waals surface area (Å²) in [5.74, 6) is 2.51. The number of aliphatic hydroxyl groups is 1. The first-order valence-electron chi connectivity index (χ1n) is 5.19. The van der Waals surface area contributed by atoms with Crippen LogP contribution in [0, 0.1) is 17.8 Å². The summed E-state index contributed by atoms with van der Waals surface area (Å²) in [4.78, 5) is 0. The molecule has 1 rings (SSSR count). The molecule has 0 bridgehead atoms. The molecular formula is C14H15BrO2. The van der Waals surface area contributed by atoms with Crippen LogP contribution in [0.2, 0.25) is 0 Å². The van der Waals surface area contributed by atoms with E-state index in [1.807, 2.05) is 13.8 Å². The average Bonchev–Trinajstić information content (AvgIpc) is 2.29. The van der Waals surface area contributed by atoms with Crippen LogP contribution >= 0.6 is 15.9 Å². The summed E-state index contributed by atoms with van der Waals surface area (Å²) in [5, 5.41) is 19.9. The minimum absolute atomic E-state index is 0.110. The standard InChI is InChI=1S/C14H15BrO2/c1-4-5-9-14(2,3)13(17)10-7-6-8-11(16)12(10)15/h1,5-9,13,16-17H,2-3H3/b9-5+. The fourth-order valence-corrected chi connectivity index (χ4v) is 1.98. The summed E-state index contributed by atoms with van der Waals surface area (Å²) in [5.41, 5.74) is 0.125. The molecule has 0 aliphatic rings. The Morgan fingerprint density at radius 1 is 1.47 bits per heavy atom. The third kappa shape index (κ3) is 3.12. The number of phenolic OH excluding ortho intramolecular Hbond substituents is 1. The van der Waals surface area contributed by atoms with E-state index < -0.39 is 11.5 Å². The van der Waals surface area contributed by atoms with E-state index in [9.17, 15) is 10.2 Å². The van der Waals surface area contributed by atoms with Gasteiger partial charge in [0.2, 0.25) is 0 Å². The summed E-state index contributed by atoms with van der Waals surface area (Å²) in [6, 6.07) is 5.02. The number of halogens is 1. The second-order valence-electron chi connectivity index (χ2n) is 4.40. The van der Waals surface area contributed by atoms with Crippen molar-refractivity contribution in [1.82, 2.24) is 0 Å². The van der Waals surface area contributed by atoms with Gasteiger partial charge < -0.3 is 10.2 Å². The van der Waals surface area contributed by atoms with Crippen LogP contribution in [0.5, 0.6) is 5.75 Å². The largest absolute Gasteiger partial charge is 0.507 e. The van der Waals surface area contributed by atoms with E-state index in [2.05, 4.69) is 21.9 Å². The van der Waals surface area contributed by atoms with Crippen molar-refractivity contribution in [3.63, 3.8) is 0 Å². The lowest BCUT2D eigenvalue weighted by Gasteiger charge is -2.28. The summed E-state index contributed by atoms with van der Waals surface area (Å²) < 4.78 is 0.509. The Hall–Kier alpha value is -1.24. The van der Waals surface area contributed by atoms with Crippen molar-refractivity contribution in [1.29, 1.82) is 0 Å².